The van der Waals surface area contributed by atoms with Gasteiger partial charge < -0.3 is 5.32 Å². The molecule has 0 aromatic heterocycles. The molecular weight excluding hydrogens is 373 g/mol. The van der Waals surface area contributed by atoms with Crippen molar-refractivity contribution in [3.63, 3.8) is 0 Å². The van der Waals surface area contributed by atoms with Crippen molar-refractivity contribution >= 4 is 28.1 Å². The second kappa shape index (κ2) is 7.94. The molecule has 0 bridgehead atoms. The summed E-state index contributed by atoms with van der Waals surface area (Å²) in [5.41, 5.74) is -0.975. The maximum absolute atomic E-state index is 13.7. The third-order valence-electron chi connectivity index (χ3n) is 4.92. The molecule has 2 fully saturated rings. The zero-order valence-corrected chi connectivity index (χ0v) is 15.2. The molecule has 1 unspecified atom stereocenters. The largest absolute Gasteiger partial charge is 0.324 e. The number of halogens is 2. The fraction of sp³-hybridized carbons (Fsp3) is 0.600. The molecular formula is C15H21ClFN3O4S. The summed E-state index contributed by atoms with van der Waals surface area (Å²) in [5, 5.41) is 14.5. The number of sulfonamides is 1. The van der Waals surface area contributed by atoms with E-state index < -0.39 is 31.3 Å². The van der Waals surface area contributed by atoms with Gasteiger partial charge in [0.2, 0.25) is 15.8 Å². The second-order valence-electron chi connectivity index (χ2n) is 6.29. The van der Waals surface area contributed by atoms with Gasteiger partial charge in [-0.1, -0.05) is 6.07 Å². The van der Waals surface area contributed by atoms with Crippen LogP contribution in [0.3, 0.4) is 0 Å². The Kier molecular flexibility index (Phi) is 6.36. The fourth-order valence-corrected chi connectivity index (χ4v) is 5.29. The average Bonchev–Trinajstić information content (AvgIpc) is 3.09. The molecule has 2 saturated heterocycles. The molecule has 2 aliphatic rings. The van der Waals surface area contributed by atoms with Gasteiger partial charge in [-0.25, -0.2) is 8.42 Å². The predicted molar refractivity (Wildman–Crippen MR) is 92.8 cm³/mol. The quantitative estimate of drug-likeness (QED) is 0.626. The topological polar surface area (TPSA) is 92.5 Å². The second-order valence-corrected chi connectivity index (χ2v) is 8.19. The van der Waals surface area contributed by atoms with Gasteiger partial charge in [0.05, 0.1) is 4.92 Å². The van der Waals surface area contributed by atoms with E-state index in [2.05, 4.69) is 5.32 Å². The molecule has 7 nitrogen and oxygen atoms in total. The molecule has 1 aromatic carbocycles. The van der Waals surface area contributed by atoms with Crippen molar-refractivity contribution in [2.24, 2.45) is 5.92 Å². The highest BCUT2D eigenvalue weighted by Gasteiger charge is 2.37. The molecule has 0 spiro atoms. The summed E-state index contributed by atoms with van der Waals surface area (Å²) >= 11 is 0. The van der Waals surface area contributed by atoms with Gasteiger partial charge in [0, 0.05) is 19.1 Å². The minimum Gasteiger partial charge on any atom is -0.314 e. The van der Waals surface area contributed by atoms with E-state index in [0.29, 0.717) is 37.9 Å². The van der Waals surface area contributed by atoms with Crippen LogP contribution in [0, 0.1) is 21.8 Å². The number of nitro benzene ring substituents is 1. The van der Waals surface area contributed by atoms with Crippen LogP contribution < -0.4 is 5.32 Å². The van der Waals surface area contributed by atoms with Crippen LogP contribution in [0.1, 0.15) is 25.7 Å². The lowest BCUT2D eigenvalue weighted by Gasteiger charge is -2.34. The molecule has 0 aliphatic carbocycles. The van der Waals surface area contributed by atoms with Crippen LogP contribution in [-0.2, 0) is 10.0 Å². The molecule has 25 heavy (non-hydrogen) atoms. The third-order valence-corrected chi connectivity index (χ3v) is 6.85. The highest BCUT2D eigenvalue weighted by Crippen LogP contribution is 2.33. The van der Waals surface area contributed by atoms with E-state index in [-0.39, 0.29) is 12.4 Å². The summed E-state index contributed by atoms with van der Waals surface area (Å²) < 4.78 is 40.4. The first-order valence-corrected chi connectivity index (χ1v) is 9.51. The number of piperidine rings is 1. The van der Waals surface area contributed by atoms with Gasteiger partial charge in [0.25, 0.3) is 0 Å². The van der Waals surface area contributed by atoms with Gasteiger partial charge in [0.1, 0.15) is 0 Å². The van der Waals surface area contributed by atoms with E-state index >= 15 is 0 Å². The number of para-hydroxylation sites is 1. The van der Waals surface area contributed by atoms with E-state index in [0.717, 1.165) is 31.5 Å². The van der Waals surface area contributed by atoms with Crippen LogP contribution in [0.15, 0.2) is 23.1 Å². The molecule has 0 radical (unpaired) electrons. The monoisotopic (exact) mass is 393 g/mol. The third kappa shape index (κ3) is 3.94. The Balaban J connectivity index is 0.00000225. The smallest absolute Gasteiger partial charge is 0.314 e. The van der Waals surface area contributed by atoms with E-state index in [4.69, 9.17) is 0 Å². The van der Waals surface area contributed by atoms with Gasteiger partial charge in [-0.15, -0.1) is 12.4 Å². The minimum atomic E-state index is -4.08. The Morgan fingerprint density at radius 3 is 2.48 bits per heavy atom. The molecule has 0 amide bonds. The summed E-state index contributed by atoms with van der Waals surface area (Å²) in [5.74, 6) is -0.715. The standard InChI is InChI=1S/C15H20FN3O4S.ClH/c16-12-3-1-5-14(15(12)19(20)21)24(22,23)18-9-6-11(7-10-18)13-4-2-8-17-13;/h1,3,5,11,13,17H,2,4,6-10H2;1H. The van der Waals surface area contributed by atoms with Crippen LogP contribution >= 0.6 is 12.4 Å². The minimum absolute atomic E-state index is 0. The molecule has 1 N–H and O–H groups in total. The Morgan fingerprint density at radius 2 is 1.92 bits per heavy atom. The summed E-state index contributed by atoms with van der Waals surface area (Å²) in [4.78, 5) is 9.53. The maximum atomic E-state index is 13.7. The fourth-order valence-electron chi connectivity index (χ4n) is 3.65. The van der Waals surface area contributed by atoms with Gasteiger partial charge >= 0.3 is 5.69 Å². The molecule has 3 rings (SSSR count). The van der Waals surface area contributed by atoms with E-state index in [1.165, 1.54) is 10.4 Å². The lowest BCUT2D eigenvalue weighted by atomic mass is 9.89. The maximum Gasteiger partial charge on any atom is 0.324 e. The van der Waals surface area contributed by atoms with Crippen molar-refractivity contribution in [1.29, 1.82) is 0 Å². The van der Waals surface area contributed by atoms with Crippen LogP contribution in [0.25, 0.3) is 0 Å². The zero-order valence-electron chi connectivity index (χ0n) is 13.6. The number of nitro groups is 1. The summed E-state index contributed by atoms with van der Waals surface area (Å²) in [7, 11) is -4.08. The highest BCUT2D eigenvalue weighted by atomic mass is 35.5. The first-order chi connectivity index (χ1) is 11.4. The molecule has 2 heterocycles. The Morgan fingerprint density at radius 1 is 1.24 bits per heavy atom. The van der Waals surface area contributed by atoms with Crippen LogP contribution in [0.5, 0.6) is 0 Å². The van der Waals surface area contributed by atoms with Crippen molar-refractivity contribution in [2.45, 2.75) is 36.6 Å². The van der Waals surface area contributed by atoms with Crippen molar-refractivity contribution in [3.8, 4) is 0 Å². The molecule has 2 aliphatic heterocycles. The number of benzene rings is 1. The Hall–Kier alpha value is -1.29. The van der Waals surface area contributed by atoms with Crippen molar-refractivity contribution < 1.29 is 17.7 Å². The summed E-state index contributed by atoms with van der Waals surface area (Å²) in [6.45, 7) is 1.61. The van der Waals surface area contributed by atoms with Gasteiger partial charge in [0.15, 0.2) is 4.90 Å². The molecule has 1 aromatic rings. The normalized spacial score (nSPS) is 22.5. The lowest BCUT2D eigenvalue weighted by Crippen LogP contribution is -2.43. The van der Waals surface area contributed by atoms with Crippen LogP contribution in [0.2, 0.25) is 0 Å². The van der Waals surface area contributed by atoms with E-state index in [9.17, 15) is 22.9 Å². The highest BCUT2D eigenvalue weighted by molar-refractivity contribution is 7.89. The van der Waals surface area contributed by atoms with Crippen molar-refractivity contribution in [1.82, 2.24) is 9.62 Å². The summed E-state index contributed by atoms with van der Waals surface area (Å²) in [6, 6.07) is 3.61. The van der Waals surface area contributed by atoms with Gasteiger partial charge in [-0.3, -0.25) is 10.1 Å². The van der Waals surface area contributed by atoms with E-state index in [1.807, 2.05) is 0 Å². The average molecular weight is 394 g/mol. The van der Waals surface area contributed by atoms with Crippen molar-refractivity contribution in [3.05, 3.63) is 34.1 Å². The lowest BCUT2D eigenvalue weighted by molar-refractivity contribution is -0.390. The van der Waals surface area contributed by atoms with Crippen LogP contribution in [0.4, 0.5) is 10.1 Å². The molecule has 1 atom stereocenters. The van der Waals surface area contributed by atoms with Crippen LogP contribution in [-0.4, -0.2) is 43.3 Å². The zero-order chi connectivity index (χ0) is 17.3. The predicted octanol–water partition coefficient (Wildman–Crippen LogP) is 2.31. The SMILES string of the molecule is Cl.O=[N+]([O-])c1c(F)cccc1S(=O)(=O)N1CCC(C2CCCN2)CC1. The first-order valence-electron chi connectivity index (χ1n) is 8.07. The number of nitrogens with one attached hydrogen (secondary N) is 1. The van der Waals surface area contributed by atoms with Gasteiger partial charge in [-0.05, 0) is 50.3 Å². The van der Waals surface area contributed by atoms with E-state index in [1.54, 1.807) is 0 Å². The Labute approximate surface area is 152 Å². The number of rotatable bonds is 4. The van der Waals surface area contributed by atoms with Gasteiger partial charge in [-0.2, -0.15) is 8.70 Å². The first kappa shape index (κ1) is 20.0. The van der Waals surface area contributed by atoms with Crippen molar-refractivity contribution in [2.75, 3.05) is 19.6 Å². The summed E-state index contributed by atoms with van der Waals surface area (Å²) in [6.07, 6.45) is 3.66. The number of hydrogen-bond donors (Lipinski definition) is 1. The number of hydrogen-bond acceptors (Lipinski definition) is 5. The molecule has 10 heteroatoms. The number of nitrogens with zero attached hydrogens (tertiary/aromatic N) is 2. The Bertz CT molecular complexity index is 732. The molecule has 0 saturated carbocycles. The molecule has 140 valence electrons.